The maximum absolute atomic E-state index is 13.2. The molecule has 0 bridgehead atoms. The Hall–Kier alpha value is -2.51. The van der Waals surface area contributed by atoms with Crippen molar-refractivity contribution in [3.63, 3.8) is 0 Å². The van der Waals surface area contributed by atoms with Crippen molar-refractivity contribution in [1.29, 1.82) is 0 Å². The molecule has 1 amide bonds. The van der Waals surface area contributed by atoms with Crippen LogP contribution in [0, 0.1) is 5.82 Å². The largest absolute Gasteiger partial charge is 0.465 e. The molecule has 0 unspecified atom stereocenters. The van der Waals surface area contributed by atoms with Crippen LogP contribution in [0.25, 0.3) is 11.1 Å². The van der Waals surface area contributed by atoms with Crippen LogP contribution in [0.4, 0.5) is 9.39 Å². The first-order valence-corrected chi connectivity index (χ1v) is 9.19. The fourth-order valence-corrected chi connectivity index (χ4v) is 3.75. The van der Waals surface area contributed by atoms with Crippen LogP contribution >= 0.6 is 27.3 Å². The number of nitrogens with one attached hydrogen (secondary N) is 1. The Balaban J connectivity index is 1.98. The number of benzene rings is 2. The first-order valence-electron chi connectivity index (χ1n) is 7.52. The summed E-state index contributed by atoms with van der Waals surface area (Å²) in [5.74, 6) is -1.29. The Kier molecular flexibility index (Phi) is 5.49. The number of esters is 1. The van der Waals surface area contributed by atoms with E-state index in [2.05, 4.69) is 21.2 Å². The molecule has 0 radical (unpaired) electrons. The van der Waals surface area contributed by atoms with E-state index in [-0.39, 0.29) is 17.3 Å². The van der Waals surface area contributed by atoms with Gasteiger partial charge < -0.3 is 10.1 Å². The first kappa shape index (κ1) is 18.3. The molecule has 26 heavy (non-hydrogen) atoms. The number of ether oxygens (including phenoxy) is 1. The highest BCUT2D eigenvalue weighted by Gasteiger charge is 2.22. The summed E-state index contributed by atoms with van der Waals surface area (Å²) in [6.45, 7) is 0. The molecule has 1 N–H and O–H groups in total. The van der Waals surface area contributed by atoms with Gasteiger partial charge in [0.1, 0.15) is 16.4 Å². The SMILES string of the molecule is COC(=O)c1c(-c2ccc(F)cc2)csc1NC(=O)c1cccc(Br)c1. The highest BCUT2D eigenvalue weighted by atomic mass is 79.9. The molecular weight excluding hydrogens is 421 g/mol. The molecule has 0 fully saturated rings. The molecule has 132 valence electrons. The van der Waals surface area contributed by atoms with Crippen molar-refractivity contribution in [1.82, 2.24) is 0 Å². The summed E-state index contributed by atoms with van der Waals surface area (Å²) in [5.41, 5.74) is 1.93. The summed E-state index contributed by atoms with van der Waals surface area (Å²) in [6.07, 6.45) is 0. The molecule has 0 spiro atoms. The summed E-state index contributed by atoms with van der Waals surface area (Å²) in [5, 5.41) is 4.86. The molecule has 0 saturated carbocycles. The third-order valence-corrected chi connectivity index (χ3v) is 5.04. The van der Waals surface area contributed by atoms with Crippen LogP contribution in [0.3, 0.4) is 0 Å². The van der Waals surface area contributed by atoms with E-state index in [4.69, 9.17) is 4.74 Å². The second kappa shape index (κ2) is 7.80. The van der Waals surface area contributed by atoms with E-state index >= 15 is 0 Å². The van der Waals surface area contributed by atoms with Gasteiger partial charge in [-0.15, -0.1) is 11.3 Å². The van der Waals surface area contributed by atoms with Crippen LogP contribution in [-0.2, 0) is 4.74 Å². The molecule has 0 aliphatic heterocycles. The lowest BCUT2D eigenvalue weighted by atomic mass is 10.0. The van der Waals surface area contributed by atoms with Crippen molar-refractivity contribution < 1.29 is 18.7 Å². The second-order valence-electron chi connectivity index (χ2n) is 5.32. The molecule has 3 rings (SSSR count). The Morgan fingerprint density at radius 3 is 2.54 bits per heavy atom. The highest BCUT2D eigenvalue weighted by Crippen LogP contribution is 2.36. The zero-order valence-electron chi connectivity index (χ0n) is 13.6. The Labute approximate surface area is 161 Å². The molecule has 0 aliphatic rings. The number of carbonyl (C=O) groups excluding carboxylic acids is 2. The third kappa shape index (κ3) is 3.84. The molecule has 0 saturated heterocycles. The van der Waals surface area contributed by atoms with Gasteiger partial charge >= 0.3 is 5.97 Å². The van der Waals surface area contributed by atoms with Gasteiger partial charge in [0.05, 0.1) is 7.11 Å². The minimum atomic E-state index is -0.574. The standard InChI is InChI=1S/C19H13BrFNO3S/c1-25-19(24)16-15(11-5-7-14(21)8-6-11)10-26-18(16)22-17(23)12-3-2-4-13(20)9-12/h2-10H,1H3,(H,22,23). The third-order valence-electron chi connectivity index (χ3n) is 3.65. The van der Waals surface area contributed by atoms with Crippen LogP contribution in [0.5, 0.6) is 0 Å². The zero-order valence-corrected chi connectivity index (χ0v) is 16.0. The lowest BCUT2D eigenvalue weighted by Gasteiger charge is -2.08. The van der Waals surface area contributed by atoms with Gasteiger partial charge in [-0.05, 0) is 35.9 Å². The monoisotopic (exact) mass is 433 g/mol. The van der Waals surface area contributed by atoms with Crippen LogP contribution in [-0.4, -0.2) is 19.0 Å². The van der Waals surface area contributed by atoms with Gasteiger partial charge in [-0.2, -0.15) is 0 Å². The summed E-state index contributed by atoms with van der Waals surface area (Å²) >= 11 is 4.53. The molecule has 4 nitrogen and oxygen atoms in total. The first-order chi connectivity index (χ1) is 12.5. The minimum Gasteiger partial charge on any atom is -0.465 e. The van der Waals surface area contributed by atoms with E-state index in [1.807, 2.05) is 6.07 Å². The topological polar surface area (TPSA) is 55.4 Å². The number of anilines is 1. The summed E-state index contributed by atoms with van der Waals surface area (Å²) in [4.78, 5) is 24.8. The van der Waals surface area contributed by atoms with Gasteiger partial charge in [0.15, 0.2) is 0 Å². The highest BCUT2D eigenvalue weighted by molar-refractivity contribution is 9.10. The van der Waals surface area contributed by atoms with Crippen molar-refractivity contribution in [2.75, 3.05) is 12.4 Å². The van der Waals surface area contributed by atoms with Gasteiger partial charge in [0, 0.05) is 21.0 Å². The van der Waals surface area contributed by atoms with Gasteiger partial charge in [-0.1, -0.05) is 34.1 Å². The van der Waals surface area contributed by atoms with Crippen molar-refractivity contribution >= 4 is 44.1 Å². The fraction of sp³-hybridized carbons (Fsp3) is 0.0526. The normalized spacial score (nSPS) is 10.4. The van der Waals surface area contributed by atoms with E-state index in [0.29, 0.717) is 21.7 Å². The summed E-state index contributed by atoms with van der Waals surface area (Å²) in [6, 6.07) is 12.7. The predicted octanol–water partition coefficient (Wildman–Crippen LogP) is 5.36. The van der Waals surface area contributed by atoms with Crippen molar-refractivity contribution in [3.05, 3.63) is 75.3 Å². The summed E-state index contributed by atoms with van der Waals surface area (Å²) < 4.78 is 18.8. The number of thiophene rings is 1. The maximum atomic E-state index is 13.2. The number of amides is 1. The molecule has 3 aromatic rings. The quantitative estimate of drug-likeness (QED) is 0.563. The van der Waals surface area contributed by atoms with Crippen molar-refractivity contribution in [3.8, 4) is 11.1 Å². The van der Waals surface area contributed by atoms with E-state index in [0.717, 1.165) is 4.47 Å². The van der Waals surface area contributed by atoms with Crippen molar-refractivity contribution in [2.45, 2.75) is 0 Å². The molecule has 2 aromatic carbocycles. The Morgan fingerprint density at radius 1 is 1.15 bits per heavy atom. The van der Waals surface area contributed by atoms with Gasteiger partial charge in [0.25, 0.3) is 5.91 Å². The molecule has 7 heteroatoms. The number of methoxy groups -OCH3 is 1. The van der Waals surface area contributed by atoms with Crippen LogP contribution in [0.15, 0.2) is 58.4 Å². The van der Waals surface area contributed by atoms with E-state index in [9.17, 15) is 14.0 Å². The predicted molar refractivity (Wildman–Crippen MR) is 103 cm³/mol. The average molecular weight is 434 g/mol. The van der Waals surface area contributed by atoms with Crippen LogP contribution < -0.4 is 5.32 Å². The second-order valence-corrected chi connectivity index (χ2v) is 7.11. The van der Waals surface area contributed by atoms with Gasteiger partial charge in [-0.3, -0.25) is 4.79 Å². The maximum Gasteiger partial charge on any atom is 0.341 e. The lowest BCUT2D eigenvalue weighted by molar-refractivity contribution is 0.0603. The number of hydrogen-bond donors (Lipinski definition) is 1. The van der Waals surface area contributed by atoms with E-state index in [1.165, 1.54) is 30.6 Å². The van der Waals surface area contributed by atoms with E-state index < -0.39 is 5.97 Å². The molecule has 0 aliphatic carbocycles. The number of carbonyl (C=O) groups is 2. The molecular formula is C19H13BrFNO3S. The molecule has 1 heterocycles. The summed E-state index contributed by atoms with van der Waals surface area (Å²) in [7, 11) is 1.27. The zero-order chi connectivity index (χ0) is 18.7. The molecule has 0 atom stereocenters. The Bertz CT molecular complexity index is 969. The fourth-order valence-electron chi connectivity index (χ4n) is 2.40. The minimum absolute atomic E-state index is 0.243. The van der Waals surface area contributed by atoms with Crippen molar-refractivity contribution in [2.24, 2.45) is 0 Å². The lowest BCUT2D eigenvalue weighted by Crippen LogP contribution is -2.14. The van der Waals surface area contributed by atoms with Gasteiger partial charge in [-0.25, -0.2) is 9.18 Å². The molecule has 1 aromatic heterocycles. The average Bonchev–Trinajstić information content (AvgIpc) is 3.05. The van der Waals surface area contributed by atoms with Gasteiger partial charge in [0.2, 0.25) is 0 Å². The number of halogens is 2. The number of hydrogen-bond acceptors (Lipinski definition) is 4. The van der Waals surface area contributed by atoms with Crippen LogP contribution in [0.1, 0.15) is 20.7 Å². The smallest absolute Gasteiger partial charge is 0.341 e. The van der Waals surface area contributed by atoms with E-state index in [1.54, 1.807) is 35.7 Å². The van der Waals surface area contributed by atoms with Crippen LogP contribution in [0.2, 0.25) is 0 Å². The number of rotatable bonds is 4. The Morgan fingerprint density at radius 2 is 1.88 bits per heavy atom.